The van der Waals surface area contributed by atoms with Gasteiger partial charge < -0.3 is 20.1 Å². The minimum absolute atomic E-state index is 0.170. The van der Waals surface area contributed by atoms with Crippen molar-refractivity contribution in [3.05, 3.63) is 88.4 Å². The van der Waals surface area contributed by atoms with Crippen LogP contribution >= 0.6 is 11.3 Å². The highest BCUT2D eigenvalue weighted by molar-refractivity contribution is 7.13. The fourth-order valence-electron chi connectivity index (χ4n) is 4.24. The highest BCUT2D eigenvalue weighted by atomic mass is 32.1. The summed E-state index contributed by atoms with van der Waals surface area (Å²) in [5, 5.41) is 5.64. The van der Waals surface area contributed by atoms with Crippen LogP contribution in [-0.4, -0.2) is 60.5 Å². The summed E-state index contributed by atoms with van der Waals surface area (Å²) in [4.78, 5) is 45.8. The largest absolute Gasteiger partial charge is 0.497 e. The Morgan fingerprint density at radius 3 is 1.90 bits per heavy atom. The number of hydrogen-bond donors (Lipinski definition) is 2. The molecule has 9 nitrogen and oxygen atoms in total. The molecule has 0 saturated heterocycles. The summed E-state index contributed by atoms with van der Waals surface area (Å²) in [5.74, 6) is 0.685. The fourth-order valence-corrected chi connectivity index (χ4v) is 5.12. The third-order valence-electron chi connectivity index (χ3n) is 6.70. The maximum Gasteiger partial charge on any atom is 0.325 e. The SMILES string of the molecule is CC.CC(C)(C)c1ccc(C=O)s1.CNC(Cc1ccc(-c2ncc(-c3ccc(OC)cc3)cn2)cc1)C(=O)NCC(=O)OC(C)(C)C. The second kappa shape index (κ2) is 18.8. The number of carbonyl (C=O) groups is 3. The number of esters is 1. The molecule has 4 rings (SSSR count). The van der Waals surface area contributed by atoms with Gasteiger partial charge in [0.15, 0.2) is 12.1 Å². The number of nitrogens with zero attached hydrogens (tertiary/aromatic N) is 2. The zero-order valence-corrected chi connectivity index (χ0v) is 30.7. The minimum Gasteiger partial charge on any atom is -0.497 e. The monoisotopic (exact) mass is 674 g/mol. The number of nitrogens with one attached hydrogen (secondary N) is 2. The Hall–Kier alpha value is -4.41. The van der Waals surface area contributed by atoms with E-state index >= 15 is 0 Å². The Morgan fingerprint density at radius 1 is 0.854 bits per heavy atom. The minimum atomic E-state index is -0.592. The molecule has 1 unspecified atom stereocenters. The smallest absolute Gasteiger partial charge is 0.325 e. The van der Waals surface area contributed by atoms with Gasteiger partial charge in [-0.05, 0) is 75.0 Å². The first kappa shape index (κ1) is 39.8. The molecule has 0 fully saturated rings. The first-order chi connectivity index (χ1) is 22.7. The first-order valence-electron chi connectivity index (χ1n) is 16.0. The van der Waals surface area contributed by atoms with Gasteiger partial charge in [0.25, 0.3) is 0 Å². The van der Waals surface area contributed by atoms with E-state index in [1.807, 2.05) is 74.5 Å². The molecule has 0 aliphatic heterocycles. The van der Waals surface area contributed by atoms with Crippen LogP contribution in [0.5, 0.6) is 5.75 Å². The number of amides is 1. The summed E-state index contributed by atoms with van der Waals surface area (Å²) in [6.07, 6.45) is 4.96. The second-order valence-electron chi connectivity index (χ2n) is 12.6. The van der Waals surface area contributed by atoms with Gasteiger partial charge in [0, 0.05) is 28.4 Å². The lowest BCUT2D eigenvalue weighted by Crippen LogP contribution is -2.46. The second-order valence-corrected chi connectivity index (χ2v) is 13.8. The van der Waals surface area contributed by atoms with Gasteiger partial charge in [0.2, 0.25) is 5.91 Å². The standard InChI is InChI=1S/C27H32N4O4.C9H12OS.C2H6/c1-27(2,3)35-24(32)17-31-26(33)23(28-4)14-18-6-8-20(9-7-18)25-29-15-21(16-30-25)19-10-12-22(34-5)13-11-19;1-9(2,3)8-5-4-7(6-10)11-8;1-2/h6-13,15-16,23,28H,14,17H2,1-5H3,(H,31,33);4-6H,1-3H3;1-2H3. The van der Waals surface area contributed by atoms with Gasteiger partial charge in [0.1, 0.15) is 17.9 Å². The number of benzene rings is 2. The van der Waals surface area contributed by atoms with E-state index in [9.17, 15) is 14.4 Å². The van der Waals surface area contributed by atoms with Crippen LogP contribution in [0.15, 0.2) is 73.1 Å². The lowest BCUT2D eigenvalue weighted by molar-refractivity contribution is -0.154. The molecule has 2 N–H and O–H groups in total. The number of ether oxygens (including phenoxy) is 2. The van der Waals surface area contributed by atoms with E-state index in [2.05, 4.69) is 41.4 Å². The number of aromatic nitrogens is 2. The number of thiophene rings is 1. The zero-order chi connectivity index (χ0) is 35.9. The molecule has 2 aromatic carbocycles. The molecular weight excluding hydrogens is 625 g/mol. The average Bonchev–Trinajstić information content (AvgIpc) is 3.58. The molecule has 2 heterocycles. The van der Waals surface area contributed by atoms with Crippen molar-refractivity contribution in [1.82, 2.24) is 20.6 Å². The van der Waals surface area contributed by atoms with E-state index in [1.165, 1.54) is 4.88 Å². The molecule has 0 saturated carbocycles. The summed E-state index contributed by atoms with van der Waals surface area (Å²) >= 11 is 1.57. The van der Waals surface area contributed by atoms with Gasteiger partial charge in [-0.2, -0.15) is 0 Å². The van der Waals surface area contributed by atoms with Gasteiger partial charge in [-0.25, -0.2) is 9.97 Å². The Kier molecular flexibility index (Phi) is 15.6. The highest BCUT2D eigenvalue weighted by Crippen LogP contribution is 2.28. The third kappa shape index (κ3) is 13.0. The Bertz CT molecular complexity index is 1570. The molecule has 2 aromatic heterocycles. The molecule has 0 bridgehead atoms. The van der Waals surface area contributed by atoms with Gasteiger partial charge in [-0.1, -0.05) is 71.0 Å². The predicted molar refractivity (Wildman–Crippen MR) is 195 cm³/mol. The molecule has 1 atom stereocenters. The Labute approximate surface area is 289 Å². The van der Waals surface area contributed by atoms with Crippen LogP contribution in [0, 0.1) is 0 Å². The van der Waals surface area contributed by atoms with Crippen molar-refractivity contribution in [2.24, 2.45) is 0 Å². The van der Waals surface area contributed by atoms with E-state index in [0.717, 1.165) is 39.2 Å². The predicted octanol–water partition coefficient (Wildman–Crippen LogP) is 7.29. The molecule has 0 aliphatic carbocycles. The maximum absolute atomic E-state index is 12.5. The number of methoxy groups -OCH3 is 1. The van der Waals surface area contributed by atoms with Gasteiger partial charge >= 0.3 is 5.97 Å². The normalized spacial score (nSPS) is 11.5. The van der Waals surface area contributed by atoms with Crippen LogP contribution in [0.1, 0.15) is 75.5 Å². The molecule has 0 radical (unpaired) electrons. The number of hydrogen-bond acceptors (Lipinski definition) is 9. The molecule has 10 heteroatoms. The van der Waals surface area contributed by atoms with Crippen LogP contribution in [0.25, 0.3) is 22.5 Å². The summed E-state index contributed by atoms with van der Waals surface area (Å²) in [6.45, 7) is 15.6. The molecule has 1 amide bonds. The summed E-state index contributed by atoms with van der Waals surface area (Å²) in [6, 6.07) is 18.9. The molecule has 4 aromatic rings. The highest BCUT2D eigenvalue weighted by Gasteiger charge is 2.21. The van der Waals surface area contributed by atoms with E-state index in [4.69, 9.17) is 9.47 Å². The molecule has 48 heavy (non-hydrogen) atoms. The first-order valence-corrected chi connectivity index (χ1v) is 16.8. The Balaban J connectivity index is 0.000000517. The number of rotatable bonds is 10. The van der Waals surface area contributed by atoms with Crippen molar-refractivity contribution >= 4 is 29.5 Å². The van der Waals surface area contributed by atoms with Crippen molar-refractivity contribution in [2.75, 3.05) is 20.7 Å². The number of aldehydes is 1. The van der Waals surface area contributed by atoms with E-state index in [1.54, 1.807) is 58.7 Å². The van der Waals surface area contributed by atoms with Crippen LogP contribution < -0.4 is 15.4 Å². The zero-order valence-electron chi connectivity index (χ0n) is 29.8. The number of carbonyl (C=O) groups excluding carboxylic acids is 3. The van der Waals surface area contributed by atoms with E-state index in [-0.39, 0.29) is 17.9 Å². The maximum atomic E-state index is 12.5. The summed E-state index contributed by atoms with van der Waals surface area (Å²) < 4.78 is 10.4. The molecule has 0 aliphatic rings. The van der Waals surface area contributed by atoms with E-state index < -0.39 is 17.6 Å². The number of likely N-dealkylation sites (N-methyl/N-ethyl adjacent to an activating group) is 1. The van der Waals surface area contributed by atoms with Crippen molar-refractivity contribution in [2.45, 2.75) is 78.9 Å². The van der Waals surface area contributed by atoms with Crippen LogP contribution in [-0.2, 0) is 26.2 Å². The van der Waals surface area contributed by atoms with E-state index in [0.29, 0.717) is 12.2 Å². The summed E-state index contributed by atoms with van der Waals surface area (Å²) in [7, 11) is 3.35. The van der Waals surface area contributed by atoms with Gasteiger partial charge in [-0.15, -0.1) is 11.3 Å². The third-order valence-corrected chi connectivity index (χ3v) is 8.14. The fraction of sp³-hybridized carbons (Fsp3) is 0.395. The van der Waals surface area contributed by atoms with Gasteiger partial charge in [-0.3, -0.25) is 14.4 Å². The van der Waals surface area contributed by atoms with Crippen molar-refractivity contribution in [1.29, 1.82) is 0 Å². The lowest BCUT2D eigenvalue weighted by Gasteiger charge is -2.20. The topological polar surface area (TPSA) is 120 Å². The van der Waals surface area contributed by atoms with Crippen LogP contribution in [0.3, 0.4) is 0 Å². The Morgan fingerprint density at radius 2 is 1.44 bits per heavy atom. The van der Waals surface area contributed by atoms with Gasteiger partial charge in [0.05, 0.1) is 18.0 Å². The molecular formula is C38H50N4O5S. The molecule has 258 valence electrons. The van der Waals surface area contributed by atoms with Crippen molar-refractivity contribution in [3.63, 3.8) is 0 Å². The van der Waals surface area contributed by atoms with Crippen LogP contribution in [0.4, 0.5) is 0 Å². The summed E-state index contributed by atoms with van der Waals surface area (Å²) in [5.41, 5.74) is 3.36. The lowest BCUT2D eigenvalue weighted by atomic mass is 9.95. The van der Waals surface area contributed by atoms with Crippen molar-refractivity contribution < 1.29 is 23.9 Å². The van der Waals surface area contributed by atoms with Crippen LogP contribution in [0.2, 0.25) is 0 Å². The van der Waals surface area contributed by atoms with Crippen molar-refractivity contribution in [3.8, 4) is 28.3 Å². The molecule has 0 spiro atoms. The average molecular weight is 675 g/mol. The quantitative estimate of drug-likeness (QED) is 0.133.